The molecular formula is C13H8BrF3N2O. The van der Waals surface area contributed by atoms with Crippen LogP contribution >= 0.6 is 15.9 Å². The van der Waals surface area contributed by atoms with E-state index in [1.54, 1.807) is 0 Å². The summed E-state index contributed by atoms with van der Waals surface area (Å²) in [6.07, 6.45) is 0. The Balaban J connectivity index is 2.32. The number of benzene rings is 2. The van der Waals surface area contributed by atoms with Crippen LogP contribution in [-0.4, -0.2) is 5.91 Å². The number of carbonyl (C=O) groups is 1. The molecule has 2 aromatic carbocycles. The lowest BCUT2D eigenvalue weighted by Crippen LogP contribution is -2.15. The van der Waals surface area contributed by atoms with Crippen LogP contribution < -0.4 is 11.1 Å². The van der Waals surface area contributed by atoms with Crippen LogP contribution in [0.2, 0.25) is 0 Å². The second-order valence-electron chi connectivity index (χ2n) is 3.93. The molecule has 2 aromatic rings. The van der Waals surface area contributed by atoms with Gasteiger partial charge in [0.05, 0.1) is 15.7 Å². The van der Waals surface area contributed by atoms with Crippen molar-refractivity contribution in [3.63, 3.8) is 0 Å². The number of hydrogen-bond acceptors (Lipinski definition) is 2. The molecule has 0 bridgehead atoms. The van der Waals surface area contributed by atoms with Crippen molar-refractivity contribution in [2.24, 2.45) is 0 Å². The second kappa shape index (κ2) is 5.54. The highest BCUT2D eigenvalue weighted by Crippen LogP contribution is 2.24. The van der Waals surface area contributed by atoms with E-state index in [1.165, 1.54) is 6.07 Å². The Morgan fingerprint density at radius 3 is 2.50 bits per heavy atom. The van der Waals surface area contributed by atoms with Crippen LogP contribution in [0.25, 0.3) is 0 Å². The molecular weight excluding hydrogens is 337 g/mol. The van der Waals surface area contributed by atoms with Gasteiger partial charge in [-0.05, 0) is 40.2 Å². The Morgan fingerprint density at radius 1 is 1.10 bits per heavy atom. The summed E-state index contributed by atoms with van der Waals surface area (Å²) in [4.78, 5) is 11.9. The molecule has 104 valence electrons. The summed E-state index contributed by atoms with van der Waals surface area (Å²) in [5.74, 6) is -3.19. The normalized spacial score (nSPS) is 10.4. The van der Waals surface area contributed by atoms with Gasteiger partial charge in [0.1, 0.15) is 17.5 Å². The standard InChI is InChI=1S/C13H8BrF3N2O/c14-8-4-12(10(17)5-9(8)16)19-13(20)7-3-6(15)1-2-11(7)18/h1-5H,18H2,(H,19,20). The highest BCUT2D eigenvalue weighted by Gasteiger charge is 2.15. The molecule has 0 spiro atoms. The van der Waals surface area contributed by atoms with Gasteiger partial charge >= 0.3 is 0 Å². The first-order chi connectivity index (χ1) is 9.38. The van der Waals surface area contributed by atoms with Crippen molar-refractivity contribution in [2.45, 2.75) is 0 Å². The van der Waals surface area contributed by atoms with Crippen LogP contribution in [0, 0.1) is 17.5 Å². The van der Waals surface area contributed by atoms with Crippen molar-refractivity contribution in [2.75, 3.05) is 11.1 Å². The van der Waals surface area contributed by atoms with Gasteiger partial charge in [-0.1, -0.05) is 0 Å². The first kappa shape index (κ1) is 14.4. The summed E-state index contributed by atoms with van der Waals surface area (Å²) in [6, 6.07) is 4.94. The lowest BCUT2D eigenvalue weighted by Gasteiger charge is -2.09. The smallest absolute Gasteiger partial charge is 0.257 e. The van der Waals surface area contributed by atoms with E-state index in [2.05, 4.69) is 21.2 Å². The van der Waals surface area contributed by atoms with Crippen molar-refractivity contribution in [3.05, 3.63) is 57.8 Å². The molecule has 0 aromatic heterocycles. The average Bonchev–Trinajstić information content (AvgIpc) is 2.38. The molecule has 0 aliphatic heterocycles. The third kappa shape index (κ3) is 2.93. The Kier molecular flexibility index (Phi) is 3.99. The molecule has 3 N–H and O–H groups in total. The van der Waals surface area contributed by atoms with Gasteiger partial charge in [0.15, 0.2) is 0 Å². The lowest BCUT2D eigenvalue weighted by atomic mass is 10.1. The lowest BCUT2D eigenvalue weighted by molar-refractivity contribution is 0.102. The maximum atomic E-state index is 13.5. The zero-order valence-corrected chi connectivity index (χ0v) is 11.5. The number of nitrogens with two attached hydrogens (primary N) is 1. The van der Waals surface area contributed by atoms with Gasteiger partial charge in [0.25, 0.3) is 5.91 Å². The van der Waals surface area contributed by atoms with E-state index >= 15 is 0 Å². The molecule has 3 nitrogen and oxygen atoms in total. The number of hydrogen-bond donors (Lipinski definition) is 2. The van der Waals surface area contributed by atoms with Gasteiger partial charge < -0.3 is 11.1 Å². The minimum atomic E-state index is -0.950. The maximum Gasteiger partial charge on any atom is 0.257 e. The summed E-state index contributed by atoms with van der Waals surface area (Å²) in [5, 5.41) is 2.21. The molecule has 0 saturated carbocycles. The topological polar surface area (TPSA) is 55.1 Å². The molecule has 1 amide bonds. The van der Waals surface area contributed by atoms with Crippen LogP contribution in [-0.2, 0) is 0 Å². The molecule has 0 radical (unpaired) electrons. The first-order valence-electron chi connectivity index (χ1n) is 5.39. The van der Waals surface area contributed by atoms with Gasteiger partial charge in [0.2, 0.25) is 0 Å². The molecule has 2 rings (SSSR count). The number of amides is 1. The third-order valence-electron chi connectivity index (χ3n) is 2.52. The van der Waals surface area contributed by atoms with Gasteiger partial charge in [-0.15, -0.1) is 0 Å². The van der Waals surface area contributed by atoms with Crippen molar-refractivity contribution >= 4 is 33.2 Å². The molecule has 0 aliphatic carbocycles. The SMILES string of the molecule is Nc1ccc(F)cc1C(=O)Nc1cc(Br)c(F)cc1F. The van der Waals surface area contributed by atoms with Gasteiger partial charge in [-0.2, -0.15) is 0 Å². The van der Waals surface area contributed by atoms with Gasteiger partial charge in [-0.25, -0.2) is 13.2 Å². The molecule has 0 saturated heterocycles. The predicted molar refractivity (Wildman–Crippen MR) is 72.8 cm³/mol. The molecule has 0 unspecified atom stereocenters. The maximum absolute atomic E-state index is 13.5. The zero-order chi connectivity index (χ0) is 14.9. The van der Waals surface area contributed by atoms with Crippen LogP contribution in [0.4, 0.5) is 24.5 Å². The van der Waals surface area contributed by atoms with Crippen LogP contribution in [0.5, 0.6) is 0 Å². The first-order valence-corrected chi connectivity index (χ1v) is 6.18. The number of anilines is 2. The van der Waals surface area contributed by atoms with E-state index in [0.717, 1.165) is 18.2 Å². The monoisotopic (exact) mass is 344 g/mol. The van der Waals surface area contributed by atoms with Gasteiger partial charge in [0, 0.05) is 11.8 Å². The molecule has 20 heavy (non-hydrogen) atoms. The third-order valence-corrected chi connectivity index (χ3v) is 3.13. The number of carbonyl (C=O) groups excluding carboxylic acids is 1. The average molecular weight is 345 g/mol. The van der Waals surface area contributed by atoms with Crippen molar-refractivity contribution in [1.82, 2.24) is 0 Å². The highest BCUT2D eigenvalue weighted by atomic mass is 79.9. The number of nitrogens with one attached hydrogen (secondary N) is 1. The minimum absolute atomic E-state index is 0.0126. The van der Waals surface area contributed by atoms with E-state index in [1.807, 2.05) is 0 Å². The number of halogens is 4. The molecule has 0 aliphatic rings. The second-order valence-corrected chi connectivity index (χ2v) is 4.79. The zero-order valence-electron chi connectivity index (χ0n) is 9.88. The summed E-state index contributed by atoms with van der Waals surface area (Å²) >= 11 is 2.87. The van der Waals surface area contributed by atoms with Crippen LogP contribution in [0.15, 0.2) is 34.8 Å². The fourth-order valence-corrected chi connectivity index (χ4v) is 1.88. The summed E-state index contributed by atoms with van der Waals surface area (Å²) in [5.41, 5.74) is 5.21. The van der Waals surface area contributed by atoms with Crippen molar-refractivity contribution < 1.29 is 18.0 Å². The minimum Gasteiger partial charge on any atom is -0.398 e. The Labute approximate surface area is 120 Å². The fraction of sp³-hybridized carbons (Fsp3) is 0. The van der Waals surface area contributed by atoms with Crippen LogP contribution in [0.3, 0.4) is 0 Å². The molecule has 0 atom stereocenters. The summed E-state index contributed by atoms with van der Waals surface area (Å²) in [6.45, 7) is 0. The van der Waals surface area contributed by atoms with Crippen molar-refractivity contribution in [1.29, 1.82) is 0 Å². The van der Waals surface area contributed by atoms with Crippen LogP contribution in [0.1, 0.15) is 10.4 Å². The Morgan fingerprint density at radius 2 is 1.80 bits per heavy atom. The van der Waals surface area contributed by atoms with E-state index < -0.39 is 23.4 Å². The summed E-state index contributed by atoms with van der Waals surface area (Å²) < 4.78 is 39.6. The predicted octanol–water partition coefficient (Wildman–Crippen LogP) is 3.70. The van der Waals surface area contributed by atoms with E-state index in [9.17, 15) is 18.0 Å². The Bertz CT molecular complexity index is 692. The van der Waals surface area contributed by atoms with E-state index in [0.29, 0.717) is 6.07 Å². The molecule has 0 heterocycles. The fourth-order valence-electron chi connectivity index (χ4n) is 1.53. The largest absolute Gasteiger partial charge is 0.398 e. The van der Waals surface area contributed by atoms with Gasteiger partial charge in [-0.3, -0.25) is 4.79 Å². The number of nitrogen functional groups attached to an aromatic ring is 1. The summed E-state index contributed by atoms with van der Waals surface area (Å²) in [7, 11) is 0. The molecule has 7 heteroatoms. The highest BCUT2D eigenvalue weighted by molar-refractivity contribution is 9.10. The van der Waals surface area contributed by atoms with E-state index in [4.69, 9.17) is 5.73 Å². The van der Waals surface area contributed by atoms with E-state index in [-0.39, 0.29) is 21.4 Å². The molecule has 0 fully saturated rings. The quantitative estimate of drug-likeness (QED) is 0.644. The Hall–Kier alpha value is -2.02. The van der Waals surface area contributed by atoms with Crippen molar-refractivity contribution in [3.8, 4) is 0 Å². The number of rotatable bonds is 2.